The molecule has 3 nitrogen and oxygen atoms in total. The maximum Gasteiger partial charge on any atom is 0.0553 e. The minimum atomic E-state index is -0.0428. The first-order valence-corrected chi connectivity index (χ1v) is 5.20. The number of likely N-dealkylation sites (tertiary alicyclic amines) is 1. The number of aliphatic hydroxyl groups excluding tert-OH is 1. The minimum Gasteiger partial charge on any atom is -0.393 e. The maximum atomic E-state index is 9.36. The lowest BCUT2D eigenvalue weighted by molar-refractivity contribution is 0.151. The molecule has 0 spiro atoms. The van der Waals surface area contributed by atoms with Gasteiger partial charge >= 0.3 is 0 Å². The third-order valence-corrected chi connectivity index (χ3v) is 2.46. The number of rotatable bonds is 1. The summed E-state index contributed by atoms with van der Waals surface area (Å²) in [7, 11) is 1.50. The van der Waals surface area contributed by atoms with Crippen molar-refractivity contribution in [2.75, 3.05) is 20.1 Å². The van der Waals surface area contributed by atoms with E-state index in [1.54, 1.807) is 0 Å². The third-order valence-electron chi connectivity index (χ3n) is 2.46. The fourth-order valence-electron chi connectivity index (χ4n) is 1.62. The monoisotopic (exact) mass is 188 g/mol. The van der Waals surface area contributed by atoms with Crippen LogP contribution < -0.4 is 5.73 Å². The van der Waals surface area contributed by atoms with Crippen molar-refractivity contribution >= 4 is 0 Å². The summed E-state index contributed by atoms with van der Waals surface area (Å²) in [5.74, 6) is 0. The van der Waals surface area contributed by atoms with Crippen molar-refractivity contribution in [3.63, 3.8) is 0 Å². The molecule has 0 bridgehead atoms. The van der Waals surface area contributed by atoms with E-state index in [1.807, 2.05) is 0 Å². The predicted molar refractivity (Wildman–Crippen MR) is 56.7 cm³/mol. The molecule has 3 heteroatoms. The van der Waals surface area contributed by atoms with Crippen LogP contribution in [0.1, 0.15) is 33.1 Å². The van der Waals surface area contributed by atoms with Gasteiger partial charge in [0.1, 0.15) is 0 Å². The molecule has 1 aliphatic rings. The van der Waals surface area contributed by atoms with E-state index in [2.05, 4.69) is 24.5 Å². The molecule has 13 heavy (non-hydrogen) atoms. The van der Waals surface area contributed by atoms with E-state index in [1.165, 1.54) is 7.05 Å². The van der Waals surface area contributed by atoms with Crippen LogP contribution in [-0.4, -0.2) is 42.3 Å². The highest BCUT2D eigenvalue weighted by molar-refractivity contribution is 4.70. The SMILES string of the molecule is CC(C)N1CCCC(O)CC1.CN. The topological polar surface area (TPSA) is 49.5 Å². The summed E-state index contributed by atoms with van der Waals surface area (Å²) in [6.07, 6.45) is 3.06. The second kappa shape index (κ2) is 7.30. The zero-order chi connectivity index (χ0) is 10.3. The molecule has 0 amide bonds. The van der Waals surface area contributed by atoms with Crippen LogP contribution in [0.25, 0.3) is 0 Å². The largest absolute Gasteiger partial charge is 0.393 e. The second-order valence-corrected chi connectivity index (χ2v) is 3.71. The normalized spacial score (nSPS) is 24.9. The van der Waals surface area contributed by atoms with Gasteiger partial charge in [-0.15, -0.1) is 0 Å². The molecule has 1 aliphatic heterocycles. The lowest BCUT2D eigenvalue weighted by Gasteiger charge is -2.23. The van der Waals surface area contributed by atoms with Crippen molar-refractivity contribution in [2.24, 2.45) is 5.73 Å². The van der Waals surface area contributed by atoms with Gasteiger partial charge in [-0.2, -0.15) is 0 Å². The molecule has 0 radical (unpaired) electrons. The van der Waals surface area contributed by atoms with Gasteiger partial charge in [0.15, 0.2) is 0 Å². The van der Waals surface area contributed by atoms with E-state index < -0.39 is 0 Å². The van der Waals surface area contributed by atoms with Gasteiger partial charge < -0.3 is 15.7 Å². The number of hydrogen-bond acceptors (Lipinski definition) is 3. The van der Waals surface area contributed by atoms with Gasteiger partial charge in [0.2, 0.25) is 0 Å². The predicted octanol–water partition coefficient (Wildman–Crippen LogP) is 0.817. The molecule has 0 aromatic heterocycles. The molecule has 0 saturated carbocycles. The van der Waals surface area contributed by atoms with Gasteiger partial charge in [-0.1, -0.05) is 0 Å². The molecule has 0 aromatic carbocycles. The van der Waals surface area contributed by atoms with E-state index in [9.17, 15) is 5.11 Å². The number of nitrogens with zero attached hydrogens (tertiary/aromatic N) is 1. The second-order valence-electron chi connectivity index (χ2n) is 3.71. The Hall–Kier alpha value is -0.120. The third kappa shape index (κ3) is 5.24. The van der Waals surface area contributed by atoms with E-state index in [-0.39, 0.29) is 6.10 Å². The van der Waals surface area contributed by atoms with Gasteiger partial charge in [-0.3, -0.25) is 0 Å². The van der Waals surface area contributed by atoms with E-state index in [0.29, 0.717) is 6.04 Å². The van der Waals surface area contributed by atoms with Crippen LogP contribution >= 0.6 is 0 Å². The van der Waals surface area contributed by atoms with Crippen molar-refractivity contribution in [2.45, 2.75) is 45.3 Å². The van der Waals surface area contributed by atoms with Gasteiger partial charge in [0, 0.05) is 12.6 Å². The molecule has 1 unspecified atom stereocenters. The highest BCUT2D eigenvalue weighted by Crippen LogP contribution is 2.12. The van der Waals surface area contributed by atoms with Crippen molar-refractivity contribution in [3.05, 3.63) is 0 Å². The van der Waals surface area contributed by atoms with Crippen LogP contribution in [0.4, 0.5) is 0 Å². The highest BCUT2D eigenvalue weighted by Gasteiger charge is 2.16. The lowest BCUT2D eigenvalue weighted by Crippen LogP contribution is -2.31. The average molecular weight is 188 g/mol. The fourth-order valence-corrected chi connectivity index (χ4v) is 1.62. The molecule has 0 aromatic rings. The zero-order valence-corrected chi connectivity index (χ0v) is 9.16. The molecule has 1 heterocycles. The molecule has 80 valence electrons. The van der Waals surface area contributed by atoms with Gasteiger partial charge in [-0.25, -0.2) is 0 Å². The first kappa shape index (κ1) is 12.9. The molecular weight excluding hydrogens is 164 g/mol. The van der Waals surface area contributed by atoms with Gasteiger partial charge in [0.05, 0.1) is 6.10 Å². The molecule has 1 rings (SSSR count). The summed E-state index contributed by atoms with van der Waals surface area (Å²) in [6, 6.07) is 0.639. The Morgan fingerprint density at radius 3 is 2.38 bits per heavy atom. The summed E-state index contributed by atoms with van der Waals surface area (Å²) in [6.45, 7) is 6.67. The van der Waals surface area contributed by atoms with Crippen LogP contribution in [-0.2, 0) is 0 Å². The Labute approximate surface area is 81.9 Å². The molecule has 1 saturated heterocycles. The van der Waals surface area contributed by atoms with Crippen LogP contribution in [0.5, 0.6) is 0 Å². The number of hydrogen-bond donors (Lipinski definition) is 2. The standard InChI is InChI=1S/C9H19NO.CH5N/c1-8(2)10-6-3-4-9(11)5-7-10;1-2/h8-9,11H,3-7H2,1-2H3;2H2,1H3. The molecule has 1 atom stereocenters. The van der Waals surface area contributed by atoms with Crippen molar-refractivity contribution in [1.82, 2.24) is 4.90 Å². The molecule has 3 N–H and O–H groups in total. The van der Waals surface area contributed by atoms with Crippen LogP contribution in [0, 0.1) is 0 Å². The molecular formula is C10H24N2O. The Morgan fingerprint density at radius 2 is 1.85 bits per heavy atom. The minimum absolute atomic E-state index is 0.0428. The summed E-state index contributed by atoms with van der Waals surface area (Å²) < 4.78 is 0. The highest BCUT2D eigenvalue weighted by atomic mass is 16.3. The quantitative estimate of drug-likeness (QED) is 0.640. The summed E-state index contributed by atoms with van der Waals surface area (Å²) in [4.78, 5) is 2.44. The van der Waals surface area contributed by atoms with Crippen molar-refractivity contribution < 1.29 is 5.11 Å². The zero-order valence-electron chi connectivity index (χ0n) is 9.16. The van der Waals surface area contributed by atoms with Crippen LogP contribution in [0.3, 0.4) is 0 Å². The Morgan fingerprint density at radius 1 is 1.23 bits per heavy atom. The van der Waals surface area contributed by atoms with Crippen LogP contribution in [0.2, 0.25) is 0 Å². The Bertz CT molecular complexity index is 117. The maximum absolute atomic E-state index is 9.36. The van der Waals surface area contributed by atoms with Crippen molar-refractivity contribution in [1.29, 1.82) is 0 Å². The summed E-state index contributed by atoms with van der Waals surface area (Å²) in [5.41, 5.74) is 4.50. The number of aliphatic hydroxyl groups is 1. The average Bonchev–Trinajstić information content (AvgIpc) is 2.33. The van der Waals surface area contributed by atoms with E-state index >= 15 is 0 Å². The van der Waals surface area contributed by atoms with Gasteiger partial charge in [0.25, 0.3) is 0 Å². The van der Waals surface area contributed by atoms with E-state index in [0.717, 1.165) is 32.4 Å². The first-order valence-electron chi connectivity index (χ1n) is 5.20. The van der Waals surface area contributed by atoms with E-state index in [4.69, 9.17) is 0 Å². The molecule has 0 aliphatic carbocycles. The lowest BCUT2D eigenvalue weighted by atomic mass is 10.2. The van der Waals surface area contributed by atoms with Crippen LogP contribution in [0.15, 0.2) is 0 Å². The first-order chi connectivity index (χ1) is 6.20. The summed E-state index contributed by atoms with van der Waals surface area (Å²) in [5, 5.41) is 9.36. The fraction of sp³-hybridized carbons (Fsp3) is 1.00. The smallest absolute Gasteiger partial charge is 0.0553 e. The number of nitrogens with two attached hydrogens (primary N) is 1. The Kier molecular flexibility index (Phi) is 7.23. The van der Waals surface area contributed by atoms with Gasteiger partial charge in [-0.05, 0) is 46.7 Å². The summed E-state index contributed by atoms with van der Waals surface area (Å²) >= 11 is 0. The molecule has 1 fully saturated rings. The van der Waals surface area contributed by atoms with Crippen molar-refractivity contribution in [3.8, 4) is 0 Å². The Balaban J connectivity index is 0.000000671.